The van der Waals surface area contributed by atoms with E-state index in [1.807, 2.05) is 0 Å². The highest BCUT2D eigenvalue weighted by molar-refractivity contribution is 7.46. The number of rotatable bonds is 6. The van der Waals surface area contributed by atoms with Crippen LogP contribution in [-0.4, -0.2) is 61.2 Å². The second-order valence-corrected chi connectivity index (χ2v) is 5.96. The lowest BCUT2D eigenvalue weighted by atomic mass is 10.1. The summed E-state index contributed by atoms with van der Waals surface area (Å²) in [5.41, 5.74) is -0.716. The standard InChI is InChI=1S/C11H14NO11P/c13-4-8-9(14)10(15)11(22-8)21-5-1-2-6(12(16)17)7(3-5)23-24(18,19)20/h1-3,8-11,13-15H,4H2,(H2,18,19,20)/t8-,9-,10-,11-/m1/s1. The maximum absolute atomic E-state index is 10.9. The van der Waals surface area contributed by atoms with Crippen LogP contribution in [0.2, 0.25) is 0 Å². The number of aliphatic hydroxyl groups is 3. The van der Waals surface area contributed by atoms with Crippen LogP contribution in [0.3, 0.4) is 0 Å². The quantitative estimate of drug-likeness (QED) is 0.233. The fourth-order valence-electron chi connectivity index (χ4n) is 2.02. The molecular weight excluding hydrogens is 353 g/mol. The van der Waals surface area contributed by atoms with Crippen molar-refractivity contribution < 1.29 is 48.6 Å². The molecule has 2 rings (SSSR count). The molecule has 1 fully saturated rings. The van der Waals surface area contributed by atoms with Gasteiger partial charge in [0.25, 0.3) is 0 Å². The van der Waals surface area contributed by atoms with Crippen LogP contribution in [0.15, 0.2) is 18.2 Å². The van der Waals surface area contributed by atoms with Crippen LogP contribution in [0, 0.1) is 10.1 Å². The van der Waals surface area contributed by atoms with Crippen LogP contribution >= 0.6 is 7.82 Å². The SMILES string of the molecule is O=[N+]([O-])c1ccc(O[C@@H]2O[C@H](CO)[C@@H](O)[C@H]2O)cc1OP(=O)(O)O. The number of benzene rings is 1. The third-order valence-electron chi connectivity index (χ3n) is 3.10. The highest BCUT2D eigenvalue weighted by atomic mass is 31.2. The number of hydrogen-bond acceptors (Lipinski definition) is 9. The van der Waals surface area contributed by atoms with E-state index in [-0.39, 0.29) is 5.75 Å². The first-order chi connectivity index (χ1) is 11.1. The Hall–Kier alpha value is -1.79. The first-order valence-corrected chi connectivity index (χ1v) is 7.98. The Morgan fingerprint density at radius 1 is 1.29 bits per heavy atom. The van der Waals surface area contributed by atoms with E-state index in [4.69, 9.17) is 24.4 Å². The molecule has 24 heavy (non-hydrogen) atoms. The Labute approximate surface area is 134 Å². The van der Waals surface area contributed by atoms with Crippen molar-refractivity contribution in [1.82, 2.24) is 0 Å². The summed E-state index contributed by atoms with van der Waals surface area (Å²) >= 11 is 0. The van der Waals surface area contributed by atoms with Crippen LogP contribution in [0.4, 0.5) is 5.69 Å². The number of phosphoric acid groups is 1. The van der Waals surface area contributed by atoms with E-state index in [0.717, 1.165) is 18.2 Å². The normalized spacial score (nSPS) is 27.0. The summed E-state index contributed by atoms with van der Waals surface area (Å²) < 4.78 is 25.4. The van der Waals surface area contributed by atoms with Gasteiger partial charge in [-0.25, -0.2) is 4.57 Å². The first-order valence-electron chi connectivity index (χ1n) is 6.45. The Morgan fingerprint density at radius 3 is 2.46 bits per heavy atom. The predicted octanol–water partition coefficient (Wildman–Crippen LogP) is -1.12. The zero-order valence-corrected chi connectivity index (χ0v) is 12.7. The molecule has 1 aliphatic rings. The van der Waals surface area contributed by atoms with Crippen molar-refractivity contribution in [3.8, 4) is 11.5 Å². The average molecular weight is 367 g/mol. The summed E-state index contributed by atoms with van der Waals surface area (Å²) in [4.78, 5) is 27.5. The number of nitro benzene ring substituents is 1. The molecule has 4 atom stereocenters. The van der Waals surface area contributed by atoms with Crippen molar-refractivity contribution in [3.63, 3.8) is 0 Å². The lowest BCUT2D eigenvalue weighted by molar-refractivity contribution is -0.385. The lowest BCUT2D eigenvalue weighted by Crippen LogP contribution is -2.35. The van der Waals surface area contributed by atoms with Gasteiger partial charge in [0.15, 0.2) is 0 Å². The Kier molecular flexibility index (Phi) is 5.40. The van der Waals surface area contributed by atoms with Crippen LogP contribution < -0.4 is 9.26 Å². The molecule has 0 saturated carbocycles. The smallest absolute Gasteiger partial charge is 0.462 e. The molecule has 1 aliphatic heterocycles. The maximum Gasteiger partial charge on any atom is 0.525 e. The van der Waals surface area contributed by atoms with Crippen LogP contribution in [0.1, 0.15) is 0 Å². The molecule has 0 aromatic heterocycles. The van der Waals surface area contributed by atoms with Crippen LogP contribution in [-0.2, 0) is 9.30 Å². The lowest BCUT2D eigenvalue weighted by Gasteiger charge is -2.17. The van der Waals surface area contributed by atoms with Gasteiger partial charge in [-0.1, -0.05) is 0 Å². The molecule has 5 N–H and O–H groups in total. The van der Waals surface area contributed by atoms with E-state index < -0.39 is 55.4 Å². The molecule has 0 unspecified atom stereocenters. The van der Waals surface area contributed by atoms with Gasteiger partial charge in [-0.15, -0.1) is 0 Å². The molecule has 0 spiro atoms. The molecule has 1 aromatic rings. The van der Waals surface area contributed by atoms with Gasteiger partial charge in [-0.05, 0) is 6.07 Å². The average Bonchev–Trinajstić information content (AvgIpc) is 2.73. The number of nitro groups is 1. The number of aliphatic hydroxyl groups excluding tert-OH is 3. The zero-order chi connectivity index (χ0) is 18.1. The largest absolute Gasteiger partial charge is 0.525 e. The van der Waals surface area contributed by atoms with Gasteiger partial charge in [0.05, 0.1) is 11.5 Å². The van der Waals surface area contributed by atoms with Crippen molar-refractivity contribution in [2.24, 2.45) is 0 Å². The number of phosphoric ester groups is 1. The van der Waals surface area contributed by atoms with E-state index in [2.05, 4.69) is 4.52 Å². The van der Waals surface area contributed by atoms with Crippen molar-refractivity contribution in [1.29, 1.82) is 0 Å². The van der Waals surface area contributed by atoms with E-state index in [1.54, 1.807) is 0 Å². The third kappa shape index (κ3) is 4.19. The van der Waals surface area contributed by atoms with Crippen molar-refractivity contribution in [2.75, 3.05) is 6.61 Å². The third-order valence-corrected chi connectivity index (χ3v) is 3.53. The van der Waals surface area contributed by atoms with E-state index >= 15 is 0 Å². The van der Waals surface area contributed by atoms with Crippen LogP contribution in [0.5, 0.6) is 11.5 Å². The summed E-state index contributed by atoms with van der Waals surface area (Å²) in [6, 6.07) is 2.78. The molecule has 1 heterocycles. The molecule has 12 nitrogen and oxygen atoms in total. The molecule has 0 amide bonds. The molecule has 0 aliphatic carbocycles. The summed E-state index contributed by atoms with van der Waals surface area (Å²) in [6.45, 7) is -0.578. The summed E-state index contributed by atoms with van der Waals surface area (Å²) in [5.74, 6) is -0.934. The van der Waals surface area contributed by atoms with E-state index in [9.17, 15) is 24.9 Å². The second kappa shape index (κ2) is 6.99. The molecule has 0 radical (unpaired) electrons. The Balaban J connectivity index is 2.24. The van der Waals surface area contributed by atoms with E-state index in [1.165, 1.54) is 0 Å². The highest BCUT2D eigenvalue weighted by Gasteiger charge is 2.44. The second-order valence-electron chi connectivity index (χ2n) is 4.79. The minimum atomic E-state index is -5.06. The van der Waals surface area contributed by atoms with Crippen molar-refractivity contribution in [2.45, 2.75) is 24.6 Å². The van der Waals surface area contributed by atoms with Crippen LogP contribution in [0.25, 0.3) is 0 Å². The molecule has 1 aromatic carbocycles. The van der Waals surface area contributed by atoms with Gasteiger partial charge < -0.3 is 29.3 Å². The van der Waals surface area contributed by atoms with Gasteiger partial charge in [0, 0.05) is 12.1 Å². The molecule has 1 saturated heterocycles. The fourth-order valence-corrected chi connectivity index (χ4v) is 2.42. The monoisotopic (exact) mass is 367 g/mol. The van der Waals surface area contributed by atoms with Crippen molar-refractivity contribution >= 4 is 13.5 Å². The maximum atomic E-state index is 10.9. The van der Waals surface area contributed by atoms with Gasteiger partial charge >= 0.3 is 13.5 Å². The summed E-state index contributed by atoms with van der Waals surface area (Å²) in [6.07, 6.45) is -5.41. The minimum Gasteiger partial charge on any atom is -0.462 e. The highest BCUT2D eigenvalue weighted by Crippen LogP contribution is 2.43. The van der Waals surface area contributed by atoms with E-state index in [0.29, 0.717) is 0 Å². The number of ether oxygens (including phenoxy) is 2. The predicted molar refractivity (Wildman–Crippen MR) is 74.2 cm³/mol. The molecule has 0 bridgehead atoms. The Morgan fingerprint density at radius 2 is 1.96 bits per heavy atom. The van der Waals surface area contributed by atoms with Gasteiger partial charge in [0.1, 0.15) is 24.1 Å². The zero-order valence-electron chi connectivity index (χ0n) is 11.8. The topological polar surface area (TPSA) is 189 Å². The summed E-state index contributed by atoms with van der Waals surface area (Å²) in [5, 5.41) is 39.2. The number of hydrogen-bond donors (Lipinski definition) is 5. The molecular formula is C11H14NO11P. The first kappa shape index (κ1) is 18.5. The van der Waals surface area contributed by atoms with Gasteiger partial charge in [-0.2, -0.15) is 0 Å². The van der Waals surface area contributed by atoms with Crippen molar-refractivity contribution in [3.05, 3.63) is 28.3 Å². The molecule has 134 valence electrons. The summed E-state index contributed by atoms with van der Waals surface area (Å²) in [7, 11) is -5.06. The van der Waals surface area contributed by atoms with Gasteiger partial charge in [-0.3, -0.25) is 19.9 Å². The number of nitrogens with zero attached hydrogens (tertiary/aromatic N) is 1. The van der Waals surface area contributed by atoms with Gasteiger partial charge in [0.2, 0.25) is 12.0 Å². The molecule has 13 heteroatoms. The minimum absolute atomic E-state index is 0.182. The fraction of sp³-hybridized carbons (Fsp3) is 0.455. The Bertz CT molecular complexity index is 661.